The number of methoxy groups -OCH3 is 1. The molecule has 0 aliphatic heterocycles. The van der Waals surface area contributed by atoms with Crippen LogP contribution < -0.4 is 19.5 Å². The first kappa shape index (κ1) is 22.9. The third kappa shape index (κ3) is 7.17. The Morgan fingerprint density at radius 1 is 1.14 bits per heavy atom. The summed E-state index contributed by atoms with van der Waals surface area (Å²) in [6.45, 7) is 4.77. The number of benzene rings is 1. The maximum atomic E-state index is 12.7. The summed E-state index contributed by atoms with van der Waals surface area (Å²) < 4.78 is 50.8. The van der Waals surface area contributed by atoms with Gasteiger partial charge in [-0.3, -0.25) is 9.11 Å². The first-order valence-corrected chi connectivity index (χ1v) is 10.9. The molecular formula is C20H28FN3O4S. The Morgan fingerprint density at radius 2 is 1.86 bits per heavy atom. The highest BCUT2D eigenvalue weighted by atomic mass is 32.2. The van der Waals surface area contributed by atoms with Crippen molar-refractivity contribution >= 4 is 15.7 Å². The van der Waals surface area contributed by atoms with Gasteiger partial charge in [0.25, 0.3) is 10.0 Å². The van der Waals surface area contributed by atoms with E-state index in [9.17, 15) is 12.8 Å². The van der Waals surface area contributed by atoms with Crippen molar-refractivity contribution in [1.29, 1.82) is 0 Å². The van der Waals surface area contributed by atoms with Crippen molar-refractivity contribution in [2.24, 2.45) is 0 Å². The second-order valence-electron chi connectivity index (χ2n) is 6.71. The normalized spacial score (nSPS) is 11.5. The van der Waals surface area contributed by atoms with Crippen LogP contribution in [0.4, 0.5) is 10.1 Å². The van der Waals surface area contributed by atoms with Gasteiger partial charge in [-0.15, -0.1) is 0 Å². The van der Waals surface area contributed by atoms with Gasteiger partial charge in [0.2, 0.25) is 11.8 Å². The lowest BCUT2D eigenvalue weighted by Gasteiger charge is -2.13. The van der Waals surface area contributed by atoms with Gasteiger partial charge >= 0.3 is 0 Å². The summed E-state index contributed by atoms with van der Waals surface area (Å²) in [7, 11) is -2.41. The molecule has 0 unspecified atom stereocenters. The van der Waals surface area contributed by atoms with E-state index in [0.29, 0.717) is 37.9 Å². The molecule has 0 radical (unpaired) electrons. The largest absolute Gasteiger partial charge is 0.479 e. The molecule has 0 fully saturated rings. The van der Waals surface area contributed by atoms with Crippen LogP contribution in [0.1, 0.15) is 25.8 Å². The van der Waals surface area contributed by atoms with Crippen LogP contribution in [0.15, 0.2) is 41.3 Å². The molecular weight excluding hydrogens is 397 g/mol. The minimum Gasteiger partial charge on any atom is -0.479 e. The van der Waals surface area contributed by atoms with Gasteiger partial charge in [0.05, 0.1) is 18.7 Å². The summed E-state index contributed by atoms with van der Waals surface area (Å²) in [5.74, 6) is 0.454. The molecule has 0 amide bonds. The molecule has 160 valence electrons. The van der Waals surface area contributed by atoms with Crippen molar-refractivity contribution in [2.45, 2.75) is 37.6 Å². The number of pyridine rings is 1. The van der Waals surface area contributed by atoms with Crippen LogP contribution in [0, 0.1) is 0 Å². The van der Waals surface area contributed by atoms with Gasteiger partial charge in [-0.1, -0.05) is 26.0 Å². The van der Waals surface area contributed by atoms with Crippen LogP contribution in [0.3, 0.4) is 0 Å². The molecule has 0 aliphatic carbocycles. The van der Waals surface area contributed by atoms with Crippen LogP contribution in [0.25, 0.3) is 0 Å². The first-order valence-electron chi connectivity index (χ1n) is 9.44. The number of anilines is 1. The van der Waals surface area contributed by atoms with E-state index >= 15 is 0 Å². The fourth-order valence-corrected chi connectivity index (χ4v) is 3.61. The van der Waals surface area contributed by atoms with Gasteiger partial charge in [0.1, 0.15) is 12.3 Å². The minimum absolute atomic E-state index is 0.101. The van der Waals surface area contributed by atoms with Crippen molar-refractivity contribution < 1.29 is 22.3 Å². The lowest BCUT2D eigenvalue weighted by atomic mass is 10.1. The van der Waals surface area contributed by atoms with E-state index in [1.165, 1.54) is 19.2 Å². The van der Waals surface area contributed by atoms with Crippen molar-refractivity contribution in [3.05, 3.63) is 42.0 Å². The van der Waals surface area contributed by atoms with Gasteiger partial charge in [-0.05, 0) is 36.6 Å². The number of aryl methyl sites for hydroxylation is 1. The zero-order valence-corrected chi connectivity index (χ0v) is 17.8. The number of nitrogens with one attached hydrogen (secondary N) is 2. The average molecular weight is 426 g/mol. The van der Waals surface area contributed by atoms with E-state index in [2.05, 4.69) is 15.0 Å². The second kappa shape index (κ2) is 11.0. The van der Waals surface area contributed by atoms with Crippen LogP contribution in [0.5, 0.6) is 11.8 Å². The maximum absolute atomic E-state index is 12.7. The van der Waals surface area contributed by atoms with Gasteiger partial charge in [0, 0.05) is 18.7 Å². The van der Waals surface area contributed by atoms with Crippen molar-refractivity contribution in [3.8, 4) is 11.8 Å². The Labute approximate surface area is 171 Å². The zero-order chi connectivity index (χ0) is 21.3. The SMILES string of the molecule is COc1nc(OCCNC(C)C)ccc1NS(=O)(=O)c1ccc(CCCF)cc1. The van der Waals surface area contributed by atoms with E-state index in [1.807, 2.05) is 13.8 Å². The lowest BCUT2D eigenvalue weighted by molar-refractivity contribution is 0.291. The molecule has 1 aromatic carbocycles. The molecule has 7 nitrogen and oxygen atoms in total. The zero-order valence-electron chi connectivity index (χ0n) is 16.9. The van der Waals surface area contributed by atoms with E-state index in [1.54, 1.807) is 24.3 Å². The molecule has 0 aliphatic rings. The fraction of sp³-hybridized carbons (Fsp3) is 0.450. The lowest BCUT2D eigenvalue weighted by Crippen LogP contribution is -2.27. The summed E-state index contributed by atoms with van der Waals surface area (Å²) in [6.07, 6.45) is 0.977. The van der Waals surface area contributed by atoms with Crippen LogP contribution in [-0.2, 0) is 16.4 Å². The highest BCUT2D eigenvalue weighted by molar-refractivity contribution is 7.92. The molecule has 9 heteroatoms. The second-order valence-corrected chi connectivity index (χ2v) is 8.39. The van der Waals surface area contributed by atoms with Crippen molar-refractivity contribution in [3.63, 3.8) is 0 Å². The molecule has 0 atom stereocenters. The molecule has 0 bridgehead atoms. The standard InChI is InChI=1S/C20H28FN3O4S/c1-15(2)22-13-14-28-19-11-10-18(20(23-19)27-3)24-29(25,26)17-8-6-16(7-9-17)5-4-12-21/h6-11,15,22,24H,4-5,12-14H2,1-3H3. The average Bonchev–Trinajstić information content (AvgIpc) is 2.70. The Morgan fingerprint density at radius 3 is 2.48 bits per heavy atom. The molecule has 1 aromatic heterocycles. The van der Waals surface area contributed by atoms with Crippen molar-refractivity contribution in [2.75, 3.05) is 31.7 Å². The summed E-state index contributed by atoms with van der Waals surface area (Å²) in [4.78, 5) is 4.30. The molecule has 29 heavy (non-hydrogen) atoms. The smallest absolute Gasteiger partial charge is 0.262 e. The van der Waals surface area contributed by atoms with Gasteiger partial charge in [0.15, 0.2) is 0 Å². The maximum Gasteiger partial charge on any atom is 0.262 e. The predicted octanol–water partition coefficient (Wildman–Crippen LogP) is 3.17. The fourth-order valence-electron chi connectivity index (χ4n) is 2.55. The number of hydrogen-bond donors (Lipinski definition) is 2. The predicted molar refractivity (Wildman–Crippen MR) is 111 cm³/mol. The van der Waals surface area contributed by atoms with E-state index in [4.69, 9.17) is 9.47 Å². The van der Waals surface area contributed by atoms with Crippen LogP contribution in [0.2, 0.25) is 0 Å². The summed E-state index contributed by atoms with van der Waals surface area (Å²) >= 11 is 0. The van der Waals surface area contributed by atoms with Crippen molar-refractivity contribution in [1.82, 2.24) is 10.3 Å². The topological polar surface area (TPSA) is 89.6 Å². The van der Waals surface area contributed by atoms with Crippen LogP contribution >= 0.6 is 0 Å². The molecule has 1 heterocycles. The number of rotatable bonds is 12. The summed E-state index contributed by atoms with van der Waals surface area (Å²) in [6, 6.07) is 9.84. The van der Waals surface area contributed by atoms with E-state index in [0.717, 1.165) is 5.56 Å². The molecule has 2 N–H and O–H groups in total. The van der Waals surface area contributed by atoms with Crippen LogP contribution in [-0.4, -0.2) is 46.4 Å². The molecule has 2 aromatic rings. The van der Waals surface area contributed by atoms with Gasteiger partial charge in [-0.2, -0.15) is 4.98 Å². The van der Waals surface area contributed by atoms with E-state index < -0.39 is 16.7 Å². The Hall–Kier alpha value is -2.39. The minimum atomic E-state index is -3.82. The summed E-state index contributed by atoms with van der Waals surface area (Å²) in [5, 5.41) is 3.23. The Bertz CT molecular complexity index is 874. The number of sulfonamides is 1. The number of nitrogens with zero attached hydrogens (tertiary/aromatic N) is 1. The monoisotopic (exact) mass is 425 g/mol. The Balaban J connectivity index is 2.07. The number of halogens is 1. The third-order valence-corrected chi connectivity index (χ3v) is 5.39. The highest BCUT2D eigenvalue weighted by Gasteiger charge is 2.18. The van der Waals surface area contributed by atoms with Gasteiger partial charge < -0.3 is 14.8 Å². The molecule has 0 spiro atoms. The van der Waals surface area contributed by atoms with Gasteiger partial charge in [-0.25, -0.2) is 8.42 Å². The highest BCUT2D eigenvalue weighted by Crippen LogP contribution is 2.27. The summed E-state index contributed by atoms with van der Waals surface area (Å²) in [5.41, 5.74) is 1.09. The number of aromatic nitrogens is 1. The Kier molecular flexibility index (Phi) is 8.66. The first-order chi connectivity index (χ1) is 13.9. The molecule has 0 saturated carbocycles. The number of ether oxygens (including phenoxy) is 2. The van der Waals surface area contributed by atoms with E-state index in [-0.39, 0.29) is 16.5 Å². The molecule has 0 saturated heterocycles. The quantitative estimate of drug-likeness (QED) is 0.508. The molecule has 2 rings (SSSR count). The number of alkyl halides is 1. The number of hydrogen-bond acceptors (Lipinski definition) is 6. The third-order valence-electron chi connectivity index (χ3n) is 4.01.